The molecule has 31 heavy (non-hydrogen) atoms. The Labute approximate surface area is 181 Å². The summed E-state index contributed by atoms with van der Waals surface area (Å²) in [4.78, 5) is 16.2. The second kappa shape index (κ2) is 10.3. The Morgan fingerprint density at radius 1 is 0.968 bits per heavy atom. The average Bonchev–Trinajstić information content (AvgIpc) is 3.08. The van der Waals surface area contributed by atoms with Crippen LogP contribution in [-0.2, 0) is 32.1 Å². The molecule has 1 aromatic carbocycles. The number of nitro groups is 1. The van der Waals surface area contributed by atoms with Crippen LogP contribution < -0.4 is 0 Å². The normalized spacial score (nSPS) is 18.5. The molecule has 0 aromatic heterocycles. The number of nitrogens with zero attached hydrogens (tertiary/aromatic N) is 2. The minimum Gasteiger partial charge on any atom is -0.362 e. The van der Waals surface area contributed by atoms with E-state index in [2.05, 4.69) is 5.16 Å². The Bertz CT molecular complexity index is 854. The molecule has 13 heteroatoms. The Morgan fingerprint density at radius 2 is 1.39 bits per heavy atom. The zero-order valence-corrected chi connectivity index (χ0v) is 20.0. The molecule has 1 heterocycles. The first kappa shape index (κ1) is 25.6. The average molecular weight is 478 g/mol. The molecule has 0 spiro atoms. The van der Waals surface area contributed by atoms with E-state index in [4.69, 9.17) is 22.9 Å². The van der Waals surface area contributed by atoms with Crippen molar-refractivity contribution in [1.82, 2.24) is 0 Å². The van der Waals surface area contributed by atoms with Gasteiger partial charge in [0.25, 0.3) is 5.69 Å². The van der Waals surface area contributed by atoms with Crippen LogP contribution >= 0.6 is 15.2 Å². The minimum absolute atomic E-state index is 0.0351. The van der Waals surface area contributed by atoms with Crippen LogP contribution in [0.2, 0.25) is 0 Å². The van der Waals surface area contributed by atoms with Crippen LogP contribution in [0.25, 0.3) is 0 Å². The fraction of sp³-hybridized carbons (Fsp3) is 0.611. The molecular weight excluding hydrogens is 450 g/mol. The molecule has 11 nitrogen and oxygen atoms in total. The SMILES string of the molecule is CCOP(=O)(OCC)C1(P(=O)(OCC)OCC)ON=C(C)C1c1ccc([N+](=O)[O-])cc1. The highest BCUT2D eigenvalue weighted by atomic mass is 31.2. The van der Waals surface area contributed by atoms with Crippen LogP contribution in [0, 0.1) is 10.1 Å². The van der Waals surface area contributed by atoms with Crippen LogP contribution in [0.15, 0.2) is 29.4 Å². The highest BCUT2D eigenvalue weighted by molar-refractivity contribution is 7.74. The van der Waals surface area contributed by atoms with Crippen molar-refractivity contribution in [3.8, 4) is 0 Å². The third kappa shape index (κ3) is 4.49. The molecule has 0 radical (unpaired) electrons. The van der Waals surface area contributed by atoms with Gasteiger partial charge in [-0.3, -0.25) is 19.2 Å². The van der Waals surface area contributed by atoms with E-state index in [1.54, 1.807) is 34.6 Å². The Morgan fingerprint density at radius 3 is 1.74 bits per heavy atom. The van der Waals surface area contributed by atoms with Gasteiger partial charge in [-0.25, -0.2) is 0 Å². The summed E-state index contributed by atoms with van der Waals surface area (Å²) in [6.45, 7) is 7.88. The molecule has 1 aromatic rings. The van der Waals surface area contributed by atoms with Crippen LogP contribution in [0.3, 0.4) is 0 Å². The third-order valence-corrected chi connectivity index (χ3v) is 10.6. The molecule has 2 rings (SSSR count). The summed E-state index contributed by atoms with van der Waals surface area (Å²) in [5.41, 5.74) is 0.579. The topological polar surface area (TPSA) is 136 Å². The van der Waals surface area contributed by atoms with Gasteiger partial charge in [-0.05, 0) is 40.2 Å². The predicted molar refractivity (Wildman–Crippen MR) is 114 cm³/mol. The van der Waals surface area contributed by atoms with Crippen LogP contribution in [0.4, 0.5) is 5.69 Å². The van der Waals surface area contributed by atoms with Gasteiger partial charge in [0, 0.05) is 12.1 Å². The lowest BCUT2D eigenvalue weighted by atomic mass is 9.95. The molecule has 1 aliphatic rings. The van der Waals surface area contributed by atoms with Gasteiger partial charge in [0.15, 0.2) is 0 Å². The Balaban J connectivity index is 2.82. The van der Waals surface area contributed by atoms with Crippen LogP contribution in [0.1, 0.15) is 46.1 Å². The summed E-state index contributed by atoms with van der Waals surface area (Å²) in [7, 11) is -8.71. The van der Waals surface area contributed by atoms with Gasteiger partial charge in [-0.15, -0.1) is 0 Å². The molecule has 0 saturated carbocycles. The lowest BCUT2D eigenvalue weighted by Gasteiger charge is -2.40. The monoisotopic (exact) mass is 478 g/mol. The largest absolute Gasteiger partial charge is 0.390 e. The first-order valence-corrected chi connectivity index (χ1v) is 13.0. The van der Waals surface area contributed by atoms with Crippen molar-refractivity contribution in [3.63, 3.8) is 0 Å². The lowest BCUT2D eigenvalue weighted by molar-refractivity contribution is -0.384. The number of nitro benzene ring substituents is 1. The quantitative estimate of drug-likeness (QED) is 0.223. The molecule has 0 saturated heterocycles. The van der Waals surface area contributed by atoms with Crippen molar-refractivity contribution in [2.45, 2.75) is 45.6 Å². The predicted octanol–water partition coefficient (Wildman–Crippen LogP) is 5.27. The van der Waals surface area contributed by atoms with Crippen molar-refractivity contribution in [2.75, 3.05) is 26.4 Å². The van der Waals surface area contributed by atoms with E-state index in [0.717, 1.165) is 0 Å². The summed E-state index contributed by atoms with van der Waals surface area (Å²) in [5, 5.41) is 12.8. The van der Waals surface area contributed by atoms with Crippen molar-refractivity contribution >= 4 is 26.6 Å². The maximum Gasteiger partial charge on any atom is 0.390 e. The van der Waals surface area contributed by atoms with Crippen molar-refractivity contribution < 1.29 is 37.0 Å². The van der Waals surface area contributed by atoms with E-state index in [1.807, 2.05) is 0 Å². The number of non-ortho nitro benzene ring substituents is 1. The second-order valence-electron chi connectivity index (χ2n) is 6.43. The van der Waals surface area contributed by atoms with E-state index in [0.29, 0.717) is 11.3 Å². The molecule has 0 N–H and O–H groups in total. The number of oxime groups is 1. The minimum atomic E-state index is -4.35. The number of benzene rings is 1. The number of rotatable bonds is 12. The standard InChI is InChI=1S/C18H28N2O9P2/c1-6-25-30(23,26-7-2)18(31(24,27-8-3)28-9-4)17(14(5)19-29-18)15-10-12-16(13-11-15)20(21)22/h10-13,17H,6-9H2,1-5H3. The molecule has 1 atom stereocenters. The van der Waals surface area contributed by atoms with Crippen molar-refractivity contribution in [1.29, 1.82) is 0 Å². The van der Waals surface area contributed by atoms with E-state index >= 15 is 0 Å². The van der Waals surface area contributed by atoms with Gasteiger partial charge in [-0.2, -0.15) is 0 Å². The molecule has 1 aliphatic heterocycles. The Hall–Kier alpha value is -1.61. The zero-order valence-electron chi connectivity index (χ0n) is 18.2. The van der Waals surface area contributed by atoms with E-state index in [1.165, 1.54) is 24.3 Å². The smallest absolute Gasteiger partial charge is 0.362 e. The molecular formula is C18H28N2O9P2. The number of hydrogen-bond acceptors (Lipinski definition) is 10. The first-order chi connectivity index (χ1) is 14.7. The molecule has 0 amide bonds. The zero-order chi connectivity index (χ0) is 23.3. The second-order valence-corrected chi connectivity index (χ2v) is 11.1. The van der Waals surface area contributed by atoms with E-state index < -0.39 is 31.1 Å². The molecule has 0 aliphatic carbocycles. The molecule has 0 fully saturated rings. The van der Waals surface area contributed by atoms with E-state index in [-0.39, 0.29) is 32.1 Å². The van der Waals surface area contributed by atoms with E-state index in [9.17, 15) is 19.2 Å². The molecule has 1 unspecified atom stereocenters. The first-order valence-electron chi connectivity index (χ1n) is 9.91. The summed E-state index contributed by atoms with van der Waals surface area (Å²) in [5.74, 6) is -1.04. The summed E-state index contributed by atoms with van der Waals surface area (Å²) < 4.78 is 50.5. The van der Waals surface area contributed by atoms with Gasteiger partial charge in [0.1, 0.15) is 0 Å². The van der Waals surface area contributed by atoms with Gasteiger partial charge in [0.2, 0.25) is 0 Å². The van der Waals surface area contributed by atoms with Crippen molar-refractivity contribution in [2.24, 2.45) is 5.16 Å². The molecule has 174 valence electrons. The fourth-order valence-electron chi connectivity index (χ4n) is 3.45. The highest BCUT2D eigenvalue weighted by Gasteiger charge is 2.76. The molecule has 0 bridgehead atoms. The van der Waals surface area contributed by atoms with Crippen molar-refractivity contribution in [3.05, 3.63) is 39.9 Å². The highest BCUT2D eigenvalue weighted by Crippen LogP contribution is 2.83. The van der Waals surface area contributed by atoms with Gasteiger partial charge < -0.3 is 22.9 Å². The summed E-state index contributed by atoms with van der Waals surface area (Å²) in [6.07, 6.45) is 0. The maximum atomic E-state index is 14.2. The van der Waals surface area contributed by atoms with Gasteiger partial charge in [-0.1, -0.05) is 17.3 Å². The van der Waals surface area contributed by atoms with Gasteiger partial charge >= 0.3 is 20.3 Å². The fourth-order valence-corrected chi connectivity index (χ4v) is 9.18. The summed E-state index contributed by atoms with van der Waals surface area (Å²) in [6, 6.07) is 5.47. The van der Waals surface area contributed by atoms with Crippen LogP contribution in [-0.4, -0.2) is 42.1 Å². The number of hydrogen-bond donors (Lipinski definition) is 0. The maximum absolute atomic E-state index is 14.2. The summed E-state index contributed by atoms with van der Waals surface area (Å²) >= 11 is 0. The van der Waals surface area contributed by atoms with Gasteiger partial charge in [0.05, 0.1) is 43.0 Å². The third-order valence-electron chi connectivity index (χ3n) is 4.54. The Kier molecular flexibility index (Phi) is 8.55. The lowest BCUT2D eigenvalue weighted by Crippen LogP contribution is -2.40. The van der Waals surface area contributed by atoms with Crippen LogP contribution in [0.5, 0.6) is 0 Å².